The van der Waals surface area contributed by atoms with Crippen LogP contribution in [0.2, 0.25) is 0 Å². The third-order valence-electron chi connectivity index (χ3n) is 3.02. The van der Waals surface area contributed by atoms with Crippen molar-refractivity contribution in [2.45, 2.75) is 25.5 Å². The van der Waals surface area contributed by atoms with Gasteiger partial charge in [-0.25, -0.2) is 13.4 Å². The molecule has 6 heteroatoms. The maximum Gasteiger partial charge on any atom is 0.154 e. The average molecular weight is 335 g/mol. The fraction of sp³-hybridized carbons (Fsp3) is 0.583. The molecule has 1 aromatic rings. The van der Waals surface area contributed by atoms with E-state index in [2.05, 4.69) is 20.9 Å². The number of pyridine rings is 1. The Hall–Kier alpha value is -0.620. The molecule has 4 nitrogen and oxygen atoms in total. The Morgan fingerprint density at radius 1 is 1.39 bits per heavy atom. The van der Waals surface area contributed by atoms with Crippen LogP contribution in [0.15, 0.2) is 16.6 Å². The Morgan fingerprint density at radius 3 is 2.39 bits per heavy atom. The van der Waals surface area contributed by atoms with E-state index >= 15 is 0 Å². The lowest BCUT2D eigenvalue weighted by Crippen LogP contribution is -2.42. The highest BCUT2D eigenvalue weighted by Crippen LogP contribution is 2.22. The summed E-state index contributed by atoms with van der Waals surface area (Å²) in [6.07, 6.45) is 1.26. The van der Waals surface area contributed by atoms with Gasteiger partial charge in [-0.05, 0) is 48.8 Å². The minimum atomic E-state index is -3.10. The second-order valence-corrected chi connectivity index (χ2v) is 8.63. The van der Waals surface area contributed by atoms with E-state index < -0.39 is 14.6 Å². The fourth-order valence-electron chi connectivity index (χ4n) is 1.51. The number of halogens is 1. The quantitative estimate of drug-likeness (QED) is 0.848. The van der Waals surface area contributed by atoms with Gasteiger partial charge in [0, 0.05) is 24.3 Å². The third kappa shape index (κ3) is 3.45. The highest BCUT2D eigenvalue weighted by atomic mass is 79.9. The van der Waals surface area contributed by atoms with E-state index in [9.17, 15) is 8.42 Å². The number of hydrogen-bond acceptors (Lipinski definition) is 4. The molecule has 0 aliphatic rings. The maximum atomic E-state index is 11.7. The van der Waals surface area contributed by atoms with Gasteiger partial charge in [0.05, 0.1) is 10.4 Å². The molecule has 0 atom stereocenters. The first-order valence-electron chi connectivity index (χ1n) is 5.58. The first-order valence-corrected chi connectivity index (χ1v) is 8.27. The summed E-state index contributed by atoms with van der Waals surface area (Å²) in [6.45, 7) is 5.76. The first kappa shape index (κ1) is 15.4. The van der Waals surface area contributed by atoms with Gasteiger partial charge >= 0.3 is 0 Å². The molecular weight excluding hydrogens is 316 g/mol. The van der Waals surface area contributed by atoms with Gasteiger partial charge in [-0.1, -0.05) is 0 Å². The molecule has 102 valence electrons. The summed E-state index contributed by atoms with van der Waals surface area (Å²) >= 11 is 3.39. The summed E-state index contributed by atoms with van der Waals surface area (Å²) in [5.41, 5.74) is 0.886. The minimum absolute atomic E-state index is 0.403. The van der Waals surface area contributed by atoms with E-state index in [0.29, 0.717) is 6.54 Å². The highest BCUT2D eigenvalue weighted by Gasteiger charge is 2.31. The van der Waals surface area contributed by atoms with Crippen molar-refractivity contribution in [2.24, 2.45) is 0 Å². The predicted molar refractivity (Wildman–Crippen MR) is 78.9 cm³/mol. The Bertz CT molecular complexity index is 541. The Morgan fingerprint density at radius 2 is 1.94 bits per heavy atom. The molecule has 1 aromatic heterocycles. The molecule has 18 heavy (non-hydrogen) atoms. The van der Waals surface area contributed by atoms with Crippen LogP contribution in [0.5, 0.6) is 0 Å². The molecule has 1 heterocycles. The summed E-state index contributed by atoms with van der Waals surface area (Å²) in [6, 6.07) is 3.79. The van der Waals surface area contributed by atoms with Crippen molar-refractivity contribution in [2.75, 3.05) is 24.7 Å². The number of sulfone groups is 1. The molecule has 0 aliphatic carbocycles. The van der Waals surface area contributed by atoms with Crippen molar-refractivity contribution in [3.8, 4) is 0 Å². The molecule has 0 fully saturated rings. The summed E-state index contributed by atoms with van der Waals surface area (Å²) in [5, 5.41) is 0. The smallest absolute Gasteiger partial charge is 0.154 e. The van der Waals surface area contributed by atoms with Crippen LogP contribution in [-0.2, 0) is 9.84 Å². The van der Waals surface area contributed by atoms with Gasteiger partial charge < -0.3 is 4.90 Å². The van der Waals surface area contributed by atoms with Crippen LogP contribution in [0.3, 0.4) is 0 Å². The maximum absolute atomic E-state index is 11.7. The molecule has 0 saturated heterocycles. The number of anilines is 1. The summed E-state index contributed by atoms with van der Waals surface area (Å²) < 4.78 is 23.5. The molecule has 0 bridgehead atoms. The molecule has 0 aromatic carbocycles. The molecule has 0 amide bonds. The molecular formula is C12H19BrN2O2S. The van der Waals surface area contributed by atoms with Crippen LogP contribution in [0.4, 0.5) is 5.82 Å². The van der Waals surface area contributed by atoms with Crippen LogP contribution < -0.4 is 4.90 Å². The average Bonchev–Trinajstić information content (AvgIpc) is 2.19. The summed E-state index contributed by atoms with van der Waals surface area (Å²) in [4.78, 5) is 6.28. The zero-order valence-corrected chi connectivity index (χ0v) is 13.8. The van der Waals surface area contributed by atoms with Crippen molar-refractivity contribution in [3.63, 3.8) is 0 Å². The molecule has 1 rings (SSSR count). The lowest BCUT2D eigenvalue weighted by Gasteiger charge is -2.29. The van der Waals surface area contributed by atoms with Crippen molar-refractivity contribution < 1.29 is 8.42 Å². The van der Waals surface area contributed by atoms with Crippen molar-refractivity contribution in [1.82, 2.24) is 4.98 Å². The van der Waals surface area contributed by atoms with E-state index in [-0.39, 0.29) is 0 Å². The lowest BCUT2D eigenvalue weighted by molar-refractivity contribution is 0.549. The SMILES string of the molecule is Cc1nc(N(C)CC(C)(C)S(C)(=O)=O)ccc1Br. The third-order valence-corrected chi connectivity index (χ3v) is 5.99. The Balaban J connectivity index is 2.96. The molecule has 0 aliphatic heterocycles. The topological polar surface area (TPSA) is 50.3 Å². The Kier molecular flexibility index (Phi) is 4.43. The van der Waals surface area contributed by atoms with Crippen LogP contribution in [0.25, 0.3) is 0 Å². The monoisotopic (exact) mass is 334 g/mol. The predicted octanol–water partition coefficient (Wildman–Crippen LogP) is 2.41. The van der Waals surface area contributed by atoms with Crippen LogP contribution in [-0.4, -0.2) is 38.0 Å². The van der Waals surface area contributed by atoms with Crippen LogP contribution >= 0.6 is 15.9 Å². The van der Waals surface area contributed by atoms with Gasteiger partial charge in [0.25, 0.3) is 0 Å². The first-order chi connectivity index (χ1) is 8.04. The van der Waals surface area contributed by atoms with E-state index in [1.54, 1.807) is 13.8 Å². The number of hydrogen-bond donors (Lipinski definition) is 0. The van der Waals surface area contributed by atoms with Gasteiger partial charge in [0.2, 0.25) is 0 Å². The zero-order valence-electron chi connectivity index (χ0n) is 11.4. The van der Waals surface area contributed by atoms with E-state index in [1.807, 2.05) is 31.0 Å². The van der Waals surface area contributed by atoms with Crippen LogP contribution in [0.1, 0.15) is 19.5 Å². The molecule has 0 spiro atoms. The largest absolute Gasteiger partial charge is 0.358 e. The summed E-state index contributed by atoms with van der Waals surface area (Å²) in [7, 11) is -1.25. The second-order valence-electron chi connectivity index (χ2n) is 5.12. The molecule has 0 saturated carbocycles. The number of nitrogens with zero attached hydrogens (tertiary/aromatic N) is 2. The summed E-state index contributed by atoms with van der Waals surface area (Å²) in [5.74, 6) is 0.771. The lowest BCUT2D eigenvalue weighted by atomic mass is 10.2. The van der Waals surface area contributed by atoms with Crippen molar-refractivity contribution in [3.05, 3.63) is 22.3 Å². The number of aromatic nitrogens is 1. The number of aryl methyl sites for hydroxylation is 1. The van der Waals surface area contributed by atoms with Gasteiger partial charge in [-0.15, -0.1) is 0 Å². The molecule has 0 N–H and O–H groups in total. The minimum Gasteiger partial charge on any atom is -0.358 e. The molecule has 0 unspecified atom stereocenters. The standard InChI is InChI=1S/C12H19BrN2O2S/c1-9-10(13)6-7-11(14-9)15(4)8-12(2,3)18(5,16)17/h6-7H,8H2,1-5H3. The van der Waals surface area contributed by atoms with E-state index in [4.69, 9.17) is 0 Å². The van der Waals surface area contributed by atoms with E-state index in [0.717, 1.165) is 16.0 Å². The number of rotatable bonds is 4. The highest BCUT2D eigenvalue weighted by molar-refractivity contribution is 9.10. The second kappa shape index (κ2) is 5.17. The van der Waals surface area contributed by atoms with Gasteiger partial charge in [0.1, 0.15) is 5.82 Å². The fourth-order valence-corrected chi connectivity index (χ4v) is 2.16. The Labute approximate surface area is 117 Å². The van der Waals surface area contributed by atoms with Crippen molar-refractivity contribution in [1.29, 1.82) is 0 Å². The normalized spacial score (nSPS) is 12.6. The van der Waals surface area contributed by atoms with Crippen molar-refractivity contribution >= 4 is 31.6 Å². The van der Waals surface area contributed by atoms with Gasteiger partial charge in [-0.3, -0.25) is 0 Å². The van der Waals surface area contributed by atoms with Gasteiger partial charge in [0.15, 0.2) is 9.84 Å². The van der Waals surface area contributed by atoms with Crippen LogP contribution in [0, 0.1) is 6.92 Å². The molecule has 0 radical (unpaired) electrons. The van der Waals surface area contributed by atoms with Gasteiger partial charge in [-0.2, -0.15) is 0 Å². The van der Waals surface area contributed by atoms with E-state index in [1.165, 1.54) is 6.26 Å². The zero-order chi connectivity index (χ0) is 14.1.